The molecule has 2 aliphatic rings. The molecule has 0 unspecified atom stereocenters. The quantitative estimate of drug-likeness (QED) is 0.862. The number of hydrogen-bond donors (Lipinski definition) is 1. The number of aromatic nitrogens is 2. The highest BCUT2D eigenvalue weighted by molar-refractivity contribution is 7.17. The molecule has 7 heteroatoms. The molecule has 4 rings (SSSR count). The standard InChI is InChI=1S/C15H16FN5S/c16-13-9(3-4-11(20-13)21-7-1-2-8-21)15-19-10-5-6-18-14(17)12(10)22-15/h3-4H,1-2,5-8H2,(H2,17,18). The van der Waals surface area contributed by atoms with Gasteiger partial charge in [0.1, 0.15) is 16.7 Å². The van der Waals surface area contributed by atoms with Crippen molar-refractivity contribution in [3.8, 4) is 10.6 Å². The van der Waals surface area contributed by atoms with Gasteiger partial charge in [0.25, 0.3) is 0 Å². The molecule has 2 N–H and O–H groups in total. The third-order valence-corrected chi connectivity index (χ3v) is 5.21. The first-order chi connectivity index (χ1) is 10.7. The molecule has 2 aliphatic heterocycles. The first kappa shape index (κ1) is 13.6. The lowest BCUT2D eigenvalue weighted by Gasteiger charge is -2.16. The molecule has 0 spiro atoms. The van der Waals surface area contributed by atoms with Crippen molar-refractivity contribution in [1.82, 2.24) is 9.97 Å². The number of nitrogens with zero attached hydrogens (tertiary/aromatic N) is 4. The Labute approximate surface area is 131 Å². The number of amidine groups is 1. The summed E-state index contributed by atoms with van der Waals surface area (Å²) in [6.45, 7) is 2.55. The van der Waals surface area contributed by atoms with Crippen LogP contribution in [0.25, 0.3) is 10.6 Å². The van der Waals surface area contributed by atoms with Gasteiger partial charge in [-0.2, -0.15) is 4.39 Å². The number of thiazole rings is 1. The van der Waals surface area contributed by atoms with Crippen LogP contribution in [-0.4, -0.2) is 35.4 Å². The normalized spacial score (nSPS) is 17.5. The zero-order valence-electron chi connectivity index (χ0n) is 12.0. The highest BCUT2D eigenvalue weighted by Gasteiger charge is 2.21. The Morgan fingerprint density at radius 1 is 1.18 bits per heavy atom. The second kappa shape index (κ2) is 5.31. The largest absolute Gasteiger partial charge is 0.383 e. The zero-order valence-corrected chi connectivity index (χ0v) is 12.9. The zero-order chi connectivity index (χ0) is 15.1. The summed E-state index contributed by atoms with van der Waals surface area (Å²) in [7, 11) is 0. The van der Waals surface area contributed by atoms with Crippen LogP contribution >= 0.6 is 11.3 Å². The second-order valence-corrected chi connectivity index (χ2v) is 6.51. The highest BCUT2D eigenvalue weighted by atomic mass is 32.1. The lowest BCUT2D eigenvalue weighted by molar-refractivity contribution is 0.586. The van der Waals surface area contributed by atoms with Crippen molar-refractivity contribution in [2.24, 2.45) is 10.7 Å². The Kier molecular flexibility index (Phi) is 3.29. The molecule has 22 heavy (non-hydrogen) atoms. The first-order valence-electron chi connectivity index (χ1n) is 7.44. The minimum absolute atomic E-state index is 0.440. The van der Waals surface area contributed by atoms with Crippen molar-refractivity contribution < 1.29 is 4.39 Å². The van der Waals surface area contributed by atoms with E-state index in [1.54, 1.807) is 6.07 Å². The van der Waals surface area contributed by atoms with Gasteiger partial charge >= 0.3 is 0 Å². The molecule has 5 nitrogen and oxygen atoms in total. The van der Waals surface area contributed by atoms with Gasteiger partial charge in [-0.05, 0) is 25.0 Å². The minimum Gasteiger partial charge on any atom is -0.383 e. The van der Waals surface area contributed by atoms with Crippen LogP contribution in [0, 0.1) is 5.95 Å². The maximum Gasteiger partial charge on any atom is 0.225 e. The van der Waals surface area contributed by atoms with E-state index in [9.17, 15) is 4.39 Å². The summed E-state index contributed by atoms with van der Waals surface area (Å²) in [6, 6.07) is 3.65. The van der Waals surface area contributed by atoms with Gasteiger partial charge in [-0.15, -0.1) is 11.3 Å². The van der Waals surface area contributed by atoms with Crippen molar-refractivity contribution in [3.05, 3.63) is 28.7 Å². The van der Waals surface area contributed by atoms with E-state index >= 15 is 0 Å². The number of halogens is 1. The van der Waals surface area contributed by atoms with Crippen molar-refractivity contribution >= 4 is 23.0 Å². The number of pyridine rings is 1. The van der Waals surface area contributed by atoms with Gasteiger partial charge in [0.15, 0.2) is 0 Å². The smallest absolute Gasteiger partial charge is 0.225 e. The SMILES string of the molecule is NC1=NCCc2nc(-c3ccc(N4CCCC4)nc3F)sc21. The Hall–Kier alpha value is -2.02. The van der Waals surface area contributed by atoms with E-state index in [4.69, 9.17) is 5.73 Å². The third-order valence-electron chi connectivity index (χ3n) is 4.06. The van der Waals surface area contributed by atoms with Crippen LogP contribution in [0.2, 0.25) is 0 Å². The summed E-state index contributed by atoms with van der Waals surface area (Å²) >= 11 is 1.39. The summed E-state index contributed by atoms with van der Waals surface area (Å²) in [5, 5.41) is 0.628. The minimum atomic E-state index is -0.467. The van der Waals surface area contributed by atoms with Gasteiger partial charge in [0, 0.05) is 26.1 Å². The van der Waals surface area contributed by atoms with E-state index in [1.165, 1.54) is 11.3 Å². The van der Waals surface area contributed by atoms with Crippen molar-refractivity contribution in [2.75, 3.05) is 24.5 Å². The fraction of sp³-hybridized carbons (Fsp3) is 0.400. The summed E-state index contributed by atoms with van der Waals surface area (Å²) < 4.78 is 14.4. The van der Waals surface area contributed by atoms with Crippen LogP contribution in [0.15, 0.2) is 17.1 Å². The summed E-state index contributed by atoms with van der Waals surface area (Å²) in [6.07, 6.45) is 3.04. The first-order valence-corrected chi connectivity index (χ1v) is 8.26. The fourth-order valence-corrected chi connectivity index (χ4v) is 3.94. The number of aliphatic imine (C=N–C) groups is 1. The van der Waals surface area contributed by atoms with Crippen LogP contribution in [0.3, 0.4) is 0 Å². The predicted octanol–water partition coefficient (Wildman–Crippen LogP) is 2.21. The van der Waals surface area contributed by atoms with E-state index in [1.807, 2.05) is 6.07 Å². The fourth-order valence-electron chi connectivity index (χ4n) is 2.90. The summed E-state index contributed by atoms with van der Waals surface area (Å²) in [5.41, 5.74) is 7.24. The third kappa shape index (κ3) is 2.25. The Bertz CT molecular complexity index is 748. The maximum atomic E-state index is 14.4. The molecule has 2 aromatic heterocycles. The Morgan fingerprint density at radius 2 is 2.00 bits per heavy atom. The summed E-state index contributed by atoms with van der Waals surface area (Å²) in [4.78, 5) is 15.8. The number of fused-ring (bicyclic) bond motifs is 1. The van der Waals surface area contributed by atoms with Crippen LogP contribution in [-0.2, 0) is 6.42 Å². The molecule has 0 radical (unpaired) electrons. The van der Waals surface area contributed by atoms with Crippen LogP contribution < -0.4 is 10.6 Å². The maximum absolute atomic E-state index is 14.4. The predicted molar refractivity (Wildman–Crippen MR) is 86.0 cm³/mol. The van der Waals surface area contributed by atoms with E-state index in [2.05, 4.69) is 19.9 Å². The Morgan fingerprint density at radius 3 is 2.73 bits per heavy atom. The van der Waals surface area contributed by atoms with Gasteiger partial charge < -0.3 is 10.6 Å². The van der Waals surface area contributed by atoms with E-state index in [0.717, 1.165) is 42.9 Å². The Balaban J connectivity index is 1.69. The van der Waals surface area contributed by atoms with Gasteiger partial charge in [0.2, 0.25) is 5.95 Å². The van der Waals surface area contributed by atoms with Crippen LogP contribution in [0.4, 0.5) is 10.2 Å². The molecule has 4 heterocycles. The number of hydrogen-bond acceptors (Lipinski definition) is 6. The molecule has 0 saturated carbocycles. The van der Waals surface area contributed by atoms with E-state index in [-0.39, 0.29) is 0 Å². The van der Waals surface area contributed by atoms with Gasteiger partial charge in [-0.1, -0.05) is 0 Å². The van der Waals surface area contributed by atoms with Gasteiger partial charge in [-0.25, -0.2) is 9.97 Å². The van der Waals surface area contributed by atoms with E-state index < -0.39 is 5.95 Å². The molecule has 2 aromatic rings. The van der Waals surface area contributed by atoms with Crippen LogP contribution in [0.1, 0.15) is 23.4 Å². The molecular formula is C15H16FN5S. The van der Waals surface area contributed by atoms with Gasteiger partial charge in [-0.3, -0.25) is 4.99 Å². The van der Waals surface area contributed by atoms with E-state index in [0.29, 0.717) is 28.8 Å². The molecular weight excluding hydrogens is 301 g/mol. The molecule has 0 aromatic carbocycles. The monoisotopic (exact) mass is 317 g/mol. The molecule has 114 valence electrons. The lowest BCUT2D eigenvalue weighted by atomic mass is 10.2. The van der Waals surface area contributed by atoms with Crippen molar-refractivity contribution in [1.29, 1.82) is 0 Å². The molecule has 0 atom stereocenters. The van der Waals surface area contributed by atoms with Crippen molar-refractivity contribution in [2.45, 2.75) is 19.3 Å². The molecule has 1 fully saturated rings. The van der Waals surface area contributed by atoms with Gasteiger partial charge in [0.05, 0.1) is 16.1 Å². The second-order valence-electron chi connectivity index (χ2n) is 5.51. The molecule has 1 saturated heterocycles. The topological polar surface area (TPSA) is 67.4 Å². The number of rotatable bonds is 2. The highest BCUT2D eigenvalue weighted by Crippen LogP contribution is 2.32. The molecule has 0 aliphatic carbocycles. The molecule has 0 amide bonds. The number of anilines is 1. The number of nitrogens with two attached hydrogens (primary N) is 1. The average molecular weight is 317 g/mol. The van der Waals surface area contributed by atoms with Crippen LogP contribution in [0.5, 0.6) is 0 Å². The van der Waals surface area contributed by atoms with Crippen molar-refractivity contribution in [3.63, 3.8) is 0 Å². The summed E-state index contributed by atoms with van der Waals surface area (Å²) in [5.74, 6) is 0.749. The lowest BCUT2D eigenvalue weighted by Crippen LogP contribution is -2.19. The average Bonchev–Trinajstić information content (AvgIpc) is 3.17. The molecule has 0 bridgehead atoms.